The summed E-state index contributed by atoms with van der Waals surface area (Å²) in [5, 5.41) is 4.35. The lowest BCUT2D eigenvalue weighted by molar-refractivity contribution is 0.184. The first-order valence-electron chi connectivity index (χ1n) is 5.12. The molecule has 0 aromatic carbocycles. The third-order valence-electron chi connectivity index (χ3n) is 2.57. The first-order chi connectivity index (χ1) is 6.90. The predicted octanol–water partition coefficient (Wildman–Crippen LogP) is 1.96. The topological polar surface area (TPSA) is 27.1 Å². The van der Waals surface area contributed by atoms with E-state index in [4.69, 9.17) is 4.74 Å². The van der Waals surface area contributed by atoms with Gasteiger partial charge in [-0.15, -0.1) is 6.58 Å². The SMILES string of the molecule is C=CCCc1cnn(C2CCOC2)c1. The number of aromatic nitrogens is 2. The minimum absolute atomic E-state index is 0.451. The van der Waals surface area contributed by atoms with Crippen LogP contribution in [-0.4, -0.2) is 23.0 Å². The molecule has 0 bridgehead atoms. The molecule has 14 heavy (non-hydrogen) atoms. The van der Waals surface area contributed by atoms with Gasteiger partial charge in [0.25, 0.3) is 0 Å². The summed E-state index contributed by atoms with van der Waals surface area (Å²) in [7, 11) is 0. The van der Waals surface area contributed by atoms with Crippen molar-refractivity contribution < 1.29 is 4.74 Å². The average molecular weight is 192 g/mol. The molecule has 1 aromatic rings. The standard InChI is InChI=1S/C11H16N2O/c1-2-3-4-10-7-12-13(8-10)11-5-6-14-9-11/h2,7-8,11H,1,3-6,9H2. The molecule has 1 saturated heterocycles. The third-order valence-corrected chi connectivity index (χ3v) is 2.57. The number of hydrogen-bond donors (Lipinski definition) is 0. The second-order valence-corrected chi connectivity index (χ2v) is 3.67. The summed E-state index contributed by atoms with van der Waals surface area (Å²) in [6, 6.07) is 0.451. The number of allylic oxidation sites excluding steroid dienone is 1. The Hall–Kier alpha value is -1.09. The highest BCUT2D eigenvalue weighted by atomic mass is 16.5. The van der Waals surface area contributed by atoms with Crippen LogP contribution in [0.25, 0.3) is 0 Å². The molecular weight excluding hydrogens is 176 g/mol. The zero-order chi connectivity index (χ0) is 9.80. The van der Waals surface area contributed by atoms with Crippen LogP contribution in [0.3, 0.4) is 0 Å². The van der Waals surface area contributed by atoms with Crippen molar-refractivity contribution in [2.75, 3.05) is 13.2 Å². The van der Waals surface area contributed by atoms with Crippen LogP contribution < -0.4 is 0 Å². The van der Waals surface area contributed by atoms with Crippen molar-refractivity contribution in [3.63, 3.8) is 0 Å². The number of hydrogen-bond acceptors (Lipinski definition) is 2. The van der Waals surface area contributed by atoms with E-state index >= 15 is 0 Å². The molecular formula is C11H16N2O. The summed E-state index contributed by atoms with van der Waals surface area (Å²) < 4.78 is 7.36. The van der Waals surface area contributed by atoms with Gasteiger partial charge in [0, 0.05) is 12.8 Å². The minimum atomic E-state index is 0.451. The van der Waals surface area contributed by atoms with Gasteiger partial charge in [0.1, 0.15) is 0 Å². The number of ether oxygens (including phenoxy) is 1. The summed E-state index contributed by atoms with van der Waals surface area (Å²) in [4.78, 5) is 0. The second kappa shape index (κ2) is 4.42. The summed E-state index contributed by atoms with van der Waals surface area (Å²) in [5.41, 5.74) is 1.29. The fourth-order valence-electron chi connectivity index (χ4n) is 1.71. The van der Waals surface area contributed by atoms with Crippen LogP contribution in [0.2, 0.25) is 0 Å². The lowest BCUT2D eigenvalue weighted by Crippen LogP contribution is -2.08. The molecule has 2 rings (SSSR count). The van der Waals surface area contributed by atoms with Crippen LogP contribution in [0.4, 0.5) is 0 Å². The van der Waals surface area contributed by atoms with Crippen molar-refractivity contribution in [1.29, 1.82) is 0 Å². The van der Waals surface area contributed by atoms with Gasteiger partial charge in [0.05, 0.1) is 18.8 Å². The normalized spacial score (nSPS) is 21.3. The Morgan fingerprint density at radius 2 is 2.64 bits per heavy atom. The molecule has 76 valence electrons. The molecule has 3 heteroatoms. The Bertz CT molecular complexity index is 300. The molecule has 0 saturated carbocycles. The Morgan fingerprint density at radius 3 is 3.36 bits per heavy atom. The van der Waals surface area contributed by atoms with Gasteiger partial charge in [-0.2, -0.15) is 5.10 Å². The van der Waals surface area contributed by atoms with Crippen molar-refractivity contribution in [1.82, 2.24) is 9.78 Å². The molecule has 1 fully saturated rings. The van der Waals surface area contributed by atoms with Gasteiger partial charge in [-0.05, 0) is 24.8 Å². The molecule has 1 aliphatic rings. The van der Waals surface area contributed by atoms with Crippen LogP contribution in [0.15, 0.2) is 25.0 Å². The highest BCUT2D eigenvalue weighted by molar-refractivity contribution is 5.05. The molecule has 0 spiro atoms. The molecule has 0 radical (unpaired) electrons. The van der Waals surface area contributed by atoms with E-state index in [1.54, 1.807) is 0 Å². The Labute approximate surface area is 84.4 Å². The molecule has 0 aliphatic carbocycles. The van der Waals surface area contributed by atoms with Crippen molar-refractivity contribution in [3.05, 3.63) is 30.6 Å². The first kappa shape index (κ1) is 9.46. The quantitative estimate of drug-likeness (QED) is 0.682. The van der Waals surface area contributed by atoms with E-state index in [0.717, 1.165) is 32.5 Å². The highest BCUT2D eigenvalue weighted by Gasteiger charge is 2.17. The van der Waals surface area contributed by atoms with Gasteiger partial charge in [0.2, 0.25) is 0 Å². The molecule has 0 amide bonds. The van der Waals surface area contributed by atoms with E-state index in [1.165, 1.54) is 5.56 Å². The summed E-state index contributed by atoms with van der Waals surface area (Å²) in [5.74, 6) is 0. The lowest BCUT2D eigenvalue weighted by Gasteiger charge is -2.06. The Morgan fingerprint density at radius 1 is 1.71 bits per heavy atom. The van der Waals surface area contributed by atoms with Gasteiger partial charge in [-0.1, -0.05) is 6.08 Å². The zero-order valence-corrected chi connectivity index (χ0v) is 8.35. The van der Waals surface area contributed by atoms with Crippen molar-refractivity contribution >= 4 is 0 Å². The molecule has 0 N–H and O–H groups in total. The fourth-order valence-corrected chi connectivity index (χ4v) is 1.71. The maximum atomic E-state index is 5.32. The largest absolute Gasteiger partial charge is 0.379 e. The molecule has 1 atom stereocenters. The molecule has 1 unspecified atom stereocenters. The molecule has 1 aromatic heterocycles. The Kier molecular flexibility index (Phi) is 2.99. The van der Waals surface area contributed by atoms with Gasteiger partial charge in [-0.3, -0.25) is 4.68 Å². The third kappa shape index (κ3) is 2.04. The minimum Gasteiger partial charge on any atom is -0.379 e. The van der Waals surface area contributed by atoms with E-state index in [-0.39, 0.29) is 0 Å². The fraction of sp³-hybridized carbons (Fsp3) is 0.545. The van der Waals surface area contributed by atoms with Crippen LogP contribution in [0.1, 0.15) is 24.4 Å². The first-order valence-corrected chi connectivity index (χ1v) is 5.12. The lowest BCUT2D eigenvalue weighted by atomic mass is 10.2. The smallest absolute Gasteiger partial charge is 0.0774 e. The van der Waals surface area contributed by atoms with Gasteiger partial charge in [0.15, 0.2) is 0 Å². The molecule has 1 aliphatic heterocycles. The van der Waals surface area contributed by atoms with Gasteiger partial charge in [-0.25, -0.2) is 0 Å². The maximum Gasteiger partial charge on any atom is 0.0774 e. The summed E-state index contributed by atoms with van der Waals surface area (Å²) in [6.07, 6.45) is 9.16. The number of nitrogens with zero attached hydrogens (tertiary/aromatic N) is 2. The van der Waals surface area contributed by atoms with E-state index in [9.17, 15) is 0 Å². The Balaban J connectivity index is 1.97. The van der Waals surface area contributed by atoms with Crippen LogP contribution in [0, 0.1) is 0 Å². The summed E-state index contributed by atoms with van der Waals surface area (Å²) >= 11 is 0. The van der Waals surface area contributed by atoms with E-state index in [0.29, 0.717) is 6.04 Å². The van der Waals surface area contributed by atoms with Gasteiger partial charge < -0.3 is 4.74 Å². The number of rotatable bonds is 4. The van der Waals surface area contributed by atoms with Crippen molar-refractivity contribution in [3.8, 4) is 0 Å². The molecule has 3 nitrogen and oxygen atoms in total. The van der Waals surface area contributed by atoms with Crippen LogP contribution in [0.5, 0.6) is 0 Å². The van der Waals surface area contributed by atoms with E-state index in [1.807, 2.05) is 17.0 Å². The van der Waals surface area contributed by atoms with E-state index < -0.39 is 0 Å². The van der Waals surface area contributed by atoms with Crippen LogP contribution >= 0.6 is 0 Å². The summed E-state index contributed by atoms with van der Waals surface area (Å²) in [6.45, 7) is 5.39. The molecule has 2 heterocycles. The number of aryl methyl sites for hydroxylation is 1. The van der Waals surface area contributed by atoms with E-state index in [2.05, 4.69) is 17.9 Å². The maximum absolute atomic E-state index is 5.32. The zero-order valence-electron chi connectivity index (χ0n) is 8.35. The van der Waals surface area contributed by atoms with Crippen molar-refractivity contribution in [2.24, 2.45) is 0 Å². The monoisotopic (exact) mass is 192 g/mol. The van der Waals surface area contributed by atoms with Crippen molar-refractivity contribution in [2.45, 2.75) is 25.3 Å². The average Bonchev–Trinajstić information content (AvgIpc) is 2.85. The predicted molar refractivity (Wildman–Crippen MR) is 55.2 cm³/mol. The highest BCUT2D eigenvalue weighted by Crippen LogP contribution is 2.18. The van der Waals surface area contributed by atoms with Crippen LogP contribution in [-0.2, 0) is 11.2 Å². The van der Waals surface area contributed by atoms with Gasteiger partial charge >= 0.3 is 0 Å². The second-order valence-electron chi connectivity index (χ2n) is 3.67.